The average molecular weight is 263 g/mol. The minimum absolute atomic E-state index is 0.647. The molecule has 0 aliphatic rings. The molecule has 0 fully saturated rings. The Morgan fingerprint density at radius 3 is 2.83 bits per heavy atom. The minimum atomic E-state index is 0.647. The van der Waals surface area contributed by atoms with Crippen LogP contribution in [0, 0.1) is 0 Å². The van der Waals surface area contributed by atoms with Crippen LogP contribution in [-0.2, 0) is 0 Å². The third-order valence-electron chi connectivity index (χ3n) is 1.19. The van der Waals surface area contributed by atoms with Crippen LogP contribution < -0.4 is 0 Å². The molecule has 0 aliphatic heterocycles. The van der Waals surface area contributed by atoms with Gasteiger partial charge in [0.2, 0.25) is 0 Å². The fourth-order valence-corrected chi connectivity index (χ4v) is 1.16. The Balaban J connectivity index is 2.96. The monoisotopic (exact) mass is 261 g/mol. The molecule has 0 atom stereocenters. The molecule has 0 amide bonds. The van der Waals surface area contributed by atoms with Crippen molar-refractivity contribution in [3.63, 3.8) is 0 Å². The lowest BCUT2D eigenvalue weighted by Gasteiger charge is -1.95. The van der Waals surface area contributed by atoms with Crippen LogP contribution in [0.25, 0.3) is 0 Å². The molecule has 12 heavy (non-hydrogen) atoms. The van der Waals surface area contributed by atoms with Gasteiger partial charge in [-0.2, -0.15) is 0 Å². The molecule has 0 aromatic heterocycles. The molecule has 1 rings (SSSR count). The summed E-state index contributed by atoms with van der Waals surface area (Å²) in [4.78, 5) is 4.04. The van der Waals surface area contributed by atoms with Crippen molar-refractivity contribution in [2.75, 3.05) is 0 Å². The molecule has 1 aromatic rings. The van der Waals surface area contributed by atoms with E-state index < -0.39 is 0 Å². The van der Waals surface area contributed by atoms with Gasteiger partial charge in [0.1, 0.15) is 0 Å². The normalized spacial score (nSPS) is 10.5. The highest BCUT2D eigenvalue weighted by Crippen LogP contribution is 2.26. The molecule has 0 saturated heterocycles. The van der Waals surface area contributed by atoms with Gasteiger partial charge >= 0.3 is 0 Å². The summed E-state index contributed by atoms with van der Waals surface area (Å²) in [7, 11) is 0. The van der Waals surface area contributed by atoms with Crippen LogP contribution in [-0.4, -0.2) is 11.6 Å². The van der Waals surface area contributed by atoms with Gasteiger partial charge in [0, 0.05) is 16.1 Å². The number of hydrogen-bond donors (Lipinski definition) is 0. The summed E-state index contributed by atoms with van der Waals surface area (Å²) in [5.74, 6) is 0. The zero-order chi connectivity index (χ0) is 8.97. The summed E-state index contributed by atoms with van der Waals surface area (Å²) in [5, 5.41) is 2.10. The van der Waals surface area contributed by atoms with E-state index in [4.69, 9.17) is 11.6 Å². The predicted molar refractivity (Wildman–Crippen MR) is 61.0 cm³/mol. The quantitative estimate of drug-likeness (QED) is 0.583. The second-order valence-corrected chi connectivity index (χ2v) is 3.55. The lowest BCUT2D eigenvalue weighted by molar-refractivity contribution is 1.53. The molecule has 0 heterocycles. The van der Waals surface area contributed by atoms with Crippen molar-refractivity contribution in [3.05, 3.63) is 27.7 Å². The van der Waals surface area contributed by atoms with Gasteiger partial charge in [-0.1, -0.05) is 23.8 Å². The molecule has 62 valence electrons. The van der Waals surface area contributed by atoms with Gasteiger partial charge in [-0.3, -0.25) is 4.99 Å². The average Bonchev–Trinajstić information content (AvgIpc) is 2.07. The smallest absolute Gasteiger partial charge is 0.0645 e. The van der Waals surface area contributed by atoms with Crippen molar-refractivity contribution in [2.24, 2.45) is 4.99 Å². The molecule has 0 radical (unpaired) electrons. The first kappa shape index (κ1) is 9.84. The highest BCUT2D eigenvalue weighted by Gasteiger charge is 1.95. The first-order valence-electron chi connectivity index (χ1n) is 3.17. The van der Waals surface area contributed by atoms with E-state index in [1.54, 1.807) is 12.3 Å². The number of nitrogens with zero attached hydrogens (tertiary/aromatic N) is 1. The SMILES string of the molecule is S=CC=Nc1ccc(Br)c(Cl)c1. The Labute approximate surface area is 89.6 Å². The number of rotatable bonds is 2. The van der Waals surface area contributed by atoms with E-state index in [1.165, 1.54) is 5.37 Å². The second kappa shape index (κ2) is 4.70. The Morgan fingerprint density at radius 1 is 1.50 bits per heavy atom. The van der Waals surface area contributed by atoms with Crippen molar-refractivity contribution in [3.8, 4) is 0 Å². The van der Waals surface area contributed by atoms with E-state index in [9.17, 15) is 0 Å². The van der Waals surface area contributed by atoms with E-state index in [0.29, 0.717) is 5.02 Å². The zero-order valence-corrected chi connectivity index (χ0v) is 9.16. The van der Waals surface area contributed by atoms with Gasteiger partial charge in [-0.25, -0.2) is 0 Å². The topological polar surface area (TPSA) is 12.4 Å². The van der Waals surface area contributed by atoms with Crippen LogP contribution in [0.3, 0.4) is 0 Å². The van der Waals surface area contributed by atoms with E-state index in [-0.39, 0.29) is 0 Å². The van der Waals surface area contributed by atoms with E-state index in [2.05, 4.69) is 33.1 Å². The molecule has 0 N–H and O–H groups in total. The molecule has 1 aromatic carbocycles. The maximum absolute atomic E-state index is 5.84. The maximum Gasteiger partial charge on any atom is 0.0645 e. The number of aliphatic imine (C=N–C) groups is 1. The summed E-state index contributed by atoms with van der Waals surface area (Å²) in [6.45, 7) is 0. The highest BCUT2D eigenvalue weighted by molar-refractivity contribution is 9.10. The fourth-order valence-electron chi connectivity index (χ4n) is 0.682. The Hall–Kier alpha value is -0.250. The van der Waals surface area contributed by atoms with Crippen molar-refractivity contribution in [1.82, 2.24) is 0 Å². The molecule has 0 spiro atoms. The summed E-state index contributed by atoms with van der Waals surface area (Å²) in [6.07, 6.45) is 1.55. The summed E-state index contributed by atoms with van der Waals surface area (Å²) >= 11 is 13.7. The third kappa shape index (κ3) is 2.66. The van der Waals surface area contributed by atoms with E-state index in [1.807, 2.05) is 12.1 Å². The van der Waals surface area contributed by atoms with Crippen LogP contribution in [0.5, 0.6) is 0 Å². The van der Waals surface area contributed by atoms with Gasteiger partial charge in [0.15, 0.2) is 0 Å². The first-order valence-corrected chi connectivity index (χ1v) is 4.81. The largest absolute Gasteiger partial charge is 0.256 e. The molecule has 0 bridgehead atoms. The van der Waals surface area contributed by atoms with Gasteiger partial charge in [-0.15, -0.1) is 0 Å². The molecule has 4 heteroatoms. The molecule has 0 saturated carbocycles. The van der Waals surface area contributed by atoms with E-state index >= 15 is 0 Å². The van der Waals surface area contributed by atoms with Crippen LogP contribution in [0.15, 0.2) is 27.7 Å². The number of benzene rings is 1. The first-order chi connectivity index (χ1) is 5.74. The molecule has 1 nitrogen and oxygen atoms in total. The van der Waals surface area contributed by atoms with Gasteiger partial charge < -0.3 is 0 Å². The lowest BCUT2D eigenvalue weighted by atomic mass is 10.3. The maximum atomic E-state index is 5.84. The lowest BCUT2D eigenvalue weighted by Crippen LogP contribution is -1.71. The van der Waals surface area contributed by atoms with Crippen LogP contribution >= 0.6 is 39.7 Å². The van der Waals surface area contributed by atoms with Gasteiger partial charge in [-0.05, 0) is 34.1 Å². The number of thiocarbonyl (C=S) groups is 1. The summed E-state index contributed by atoms with van der Waals surface area (Å²) in [5.41, 5.74) is 0.796. The Bertz CT molecular complexity index is 325. The van der Waals surface area contributed by atoms with Crippen LogP contribution in [0.2, 0.25) is 5.02 Å². The van der Waals surface area contributed by atoms with Crippen molar-refractivity contribution >= 4 is 57.0 Å². The van der Waals surface area contributed by atoms with Crippen LogP contribution in [0.1, 0.15) is 0 Å². The Morgan fingerprint density at radius 2 is 2.25 bits per heavy atom. The third-order valence-corrected chi connectivity index (χ3v) is 2.54. The number of halogens is 2. The van der Waals surface area contributed by atoms with Crippen molar-refractivity contribution in [2.45, 2.75) is 0 Å². The fraction of sp³-hybridized carbons (Fsp3) is 0. The predicted octanol–water partition coefficient (Wildman–Crippen LogP) is 3.80. The molecule has 0 unspecified atom stereocenters. The van der Waals surface area contributed by atoms with Crippen molar-refractivity contribution < 1.29 is 0 Å². The molecule has 0 aliphatic carbocycles. The zero-order valence-electron chi connectivity index (χ0n) is 6.00. The van der Waals surface area contributed by atoms with Gasteiger partial charge in [0.05, 0.1) is 10.7 Å². The molecular weight excluding hydrogens is 258 g/mol. The minimum Gasteiger partial charge on any atom is -0.256 e. The standard InChI is InChI=1S/C8H5BrClNS/c9-7-2-1-6(5-8(7)10)11-3-4-12/h1-5H. The summed E-state index contributed by atoms with van der Waals surface area (Å²) < 4.78 is 0.866. The molecular formula is C8H5BrClNS. The van der Waals surface area contributed by atoms with Gasteiger partial charge in [0.25, 0.3) is 0 Å². The summed E-state index contributed by atoms with van der Waals surface area (Å²) in [6, 6.07) is 5.46. The highest BCUT2D eigenvalue weighted by atomic mass is 79.9. The Kier molecular flexibility index (Phi) is 3.85. The number of hydrogen-bond acceptors (Lipinski definition) is 2. The second-order valence-electron chi connectivity index (χ2n) is 2.01. The van der Waals surface area contributed by atoms with Crippen LogP contribution in [0.4, 0.5) is 5.69 Å². The van der Waals surface area contributed by atoms with Crippen molar-refractivity contribution in [1.29, 1.82) is 0 Å². The van der Waals surface area contributed by atoms with E-state index in [0.717, 1.165) is 10.2 Å².